The van der Waals surface area contributed by atoms with Crippen molar-refractivity contribution in [3.05, 3.63) is 29.3 Å². The van der Waals surface area contributed by atoms with Crippen LogP contribution in [-0.2, 0) is 0 Å². The van der Waals surface area contributed by atoms with Crippen LogP contribution in [0.2, 0.25) is 0 Å². The molecule has 0 saturated heterocycles. The van der Waals surface area contributed by atoms with E-state index < -0.39 is 0 Å². The van der Waals surface area contributed by atoms with E-state index in [2.05, 4.69) is 10.6 Å². The zero-order valence-corrected chi connectivity index (χ0v) is 12.8. The molecule has 0 radical (unpaired) electrons. The topological polar surface area (TPSA) is 50.4 Å². The maximum atomic E-state index is 11.9. The first-order valence-corrected chi connectivity index (χ1v) is 6.24. The van der Waals surface area contributed by atoms with Crippen LogP contribution in [-0.4, -0.2) is 32.1 Å². The molecule has 0 aromatic heterocycles. The molecule has 1 amide bonds. The number of rotatable bonds is 6. The fourth-order valence-corrected chi connectivity index (χ4v) is 1.73. The second-order valence-electron chi connectivity index (χ2n) is 4.35. The van der Waals surface area contributed by atoms with Crippen LogP contribution in [0.4, 0.5) is 0 Å². The minimum Gasteiger partial charge on any atom is -0.496 e. The van der Waals surface area contributed by atoms with Gasteiger partial charge >= 0.3 is 0 Å². The van der Waals surface area contributed by atoms with Crippen molar-refractivity contribution in [1.29, 1.82) is 0 Å². The predicted molar refractivity (Wildman–Crippen MR) is 80.5 cm³/mol. The lowest BCUT2D eigenvalue weighted by Crippen LogP contribution is -2.38. The Morgan fingerprint density at radius 3 is 2.68 bits per heavy atom. The van der Waals surface area contributed by atoms with Crippen LogP contribution < -0.4 is 15.4 Å². The van der Waals surface area contributed by atoms with Gasteiger partial charge in [0, 0.05) is 18.2 Å². The second-order valence-corrected chi connectivity index (χ2v) is 4.35. The largest absolute Gasteiger partial charge is 0.496 e. The molecule has 0 aliphatic carbocycles. The molecule has 0 bridgehead atoms. The molecule has 0 fully saturated rings. The Bertz CT molecular complexity index is 410. The van der Waals surface area contributed by atoms with Gasteiger partial charge in [-0.15, -0.1) is 12.4 Å². The van der Waals surface area contributed by atoms with E-state index in [9.17, 15) is 4.79 Å². The summed E-state index contributed by atoms with van der Waals surface area (Å²) in [5.41, 5.74) is 1.65. The summed E-state index contributed by atoms with van der Waals surface area (Å²) in [5.74, 6) is 0.667. The second kappa shape index (κ2) is 8.77. The fraction of sp³-hybridized carbons (Fsp3) is 0.500. The van der Waals surface area contributed by atoms with Crippen LogP contribution in [0.5, 0.6) is 5.75 Å². The standard InChI is InChI=1S/C14H22N2O2.ClH/c1-5-15-11(3)9-16-14(17)12-7-6-10(2)13(8-12)18-4;/h6-8,11,15H,5,9H2,1-4H3,(H,16,17);1H/t11-;/m1./s1. The quantitative estimate of drug-likeness (QED) is 0.842. The molecule has 1 aromatic carbocycles. The van der Waals surface area contributed by atoms with E-state index >= 15 is 0 Å². The third-order valence-corrected chi connectivity index (χ3v) is 2.79. The van der Waals surface area contributed by atoms with Crippen LogP contribution >= 0.6 is 12.4 Å². The molecule has 19 heavy (non-hydrogen) atoms. The highest BCUT2D eigenvalue weighted by Crippen LogP contribution is 2.18. The summed E-state index contributed by atoms with van der Waals surface area (Å²) < 4.78 is 5.21. The van der Waals surface area contributed by atoms with E-state index in [0.717, 1.165) is 17.9 Å². The number of methoxy groups -OCH3 is 1. The molecule has 1 aromatic rings. The van der Waals surface area contributed by atoms with Crippen LogP contribution in [0.3, 0.4) is 0 Å². The highest BCUT2D eigenvalue weighted by atomic mass is 35.5. The van der Waals surface area contributed by atoms with Crippen molar-refractivity contribution in [2.45, 2.75) is 26.8 Å². The van der Waals surface area contributed by atoms with Gasteiger partial charge in [0.25, 0.3) is 5.91 Å². The number of hydrogen-bond donors (Lipinski definition) is 2. The van der Waals surface area contributed by atoms with Gasteiger partial charge in [-0.05, 0) is 38.1 Å². The number of hydrogen-bond acceptors (Lipinski definition) is 3. The van der Waals surface area contributed by atoms with Crippen molar-refractivity contribution in [2.24, 2.45) is 0 Å². The number of ether oxygens (including phenoxy) is 1. The Kier molecular flexibility index (Phi) is 8.19. The molecule has 1 rings (SSSR count). The molecule has 0 saturated carbocycles. The molecule has 5 heteroatoms. The molecule has 108 valence electrons. The normalized spacial score (nSPS) is 11.4. The van der Waals surface area contributed by atoms with E-state index in [1.54, 1.807) is 13.2 Å². The van der Waals surface area contributed by atoms with E-state index in [1.165, 1.54) is 0 Å². The Morgan fingerprint density at radius 1 is 1.42 bits per heavy atom. The third-order valence-electron chi connectivity index (χ3n) is 2.79. The maximum Gasteiger partial charge on any atom is 0.251 e. The average Bonchev–Trinajstić information content (AvgIpc) is 2.37. The van der Waals surface area contributed by atoms with Crippen molar-refractivity contribution in [2.75, 3.05) is 20.2 Å². The first-order chi connectivity index (χ1) is 8.58. The first kappa shape index (κ1) is 17.7. The summed E-state index contributed by atoms with van der Waals surface area (Å²) in [7, 11) is 1.61. The SMILES string of the molecule is CCN[C@H](C)CNC(=O)c1ccc(C)c(OC)c1.Cl. The van der Waals surface area contributed by atoms with E-state index in [0.29, 0.717) is 12.1 Å². The number of halogens is 1. The predicted octanol–water partition coefficient (Wildman–Crippen LogP) is 2.15. The minimum absolute atomic E-state index is 0. The molecule has 0 aliphatic heterocycles. The van der Waals surface area contributed by atoms with E-state index in [-0.39, 0.29) is 24.4 Å². The number of carbonyl (C=O) groups is 1. The lowest BCUT2D eigenvalue weighted by molar-refractivity contribution is 0.0950. The molecular weight excluding hydrogens is 264 g/mol. The summed E-state index contributed by atoms with van der Waals surface area (Å²) in [6, 6.07) is 5.74. The van der Waals surface area contributed by atoms with Crippen LogP contribution in [0, 0.1) is 6.92 Å². The van der Waals surface area contributed by atoms with Crippen molar-refractivity contribution in [3.63, 3.8) is 0 Å². The van der Waals surface area contributed by atoms with Crippen molar-refractivity contribution < 1.29 is 9.53 Å². The molecule has 0 heterocycles. The zero-order valence-electron chi connectivity index (χ0n) is 11.9. The van der Waals surface area contributed by atoms with Gasteiger partial charge in [0.2, 0.25) is 0 Å². The van der Waals surface area contributed by atoms with Crippen LogP contribution in [0.1, 0.15) is 29.8 Å². The summed E-state index contributed by atoms with van der Waals surface area (Å²) in [4.78, 5) is 11.9. The fourth-order valence-electron chi connectivity index (χ4n) is 1.73. The van der Waals surface area contributed by atoms with E-state index in [4.69, 9.17) is 4.74 Å². The summed E-state index contributed by atoms with van der Waals surface area (Å²) in [6.07, 6.45) is 0. The Balaban J connectivity index is 0.00000324. The van der Waals surface area contributed by atoms with Gasteiger partial charge in [-0.1, -0.05) is 13.0 Å². The maximum absolute atomic E-state index is 11.9. The van der Waals surface area contributed by atoms with Crippen molar-refractivity contribution in [1.82, 2.24) is 10.6 Å². The Labute approximate surface area is 121 Å². The van der Waals surface area contributed by atoms with Gasteiger partial charge in [-0.2, -0.15) is 0 Å². The van der Waals surface area contributed by atoms with Gasteiger partial charge in [0.05, 0.1) is 7.11 Å². The van der Waals surface area contributed by atoms with Crippen LogP contribution in [0.25, 0.3) is 0 Å². The number of aryl methyl sites for hydroxylation is 1. The lowest BCUT2D eigenvalue weighted by atomic mass is 10.1. The van der Waals surface area contributed by atoms with Gasteiger partial charge in [-0.25, -0.2) is 0 Å². The lowest BCUT2D eigenvalue weighted by Gasteiger charge is -2.13. The van der Waals surface area contributed by atoms with Crippen molar-refractivity contribution in [3.8, 4) is 5.75 Å². The Morgan fingerprint density at radius 2 is 2.11 bits per heavy atom. The smallest absolute Gasteiger partial charge is 0.251 e. The van der Waals surface area contributed by atoms with Crippen molar-refractivity contribution >= 4 is 18.3 Å². The van der Waals surface area contributed by atoms with Gasteiger partial charge in [-0.3, -0.25) is 4.79 Å². The third kappa shape index (κ3) is 5.49. The molecule has 0 spiro atoms. The monoisotopic (exact) mass is 286 g/mol. The molecule has 1 atom stereocenters. The van der Waals surface area contributed by atoms with Crippen LogP contribution in [0.15, 0.2) is 18.2 Å². The Hall–Kier alpha value is -1.26. The molecule has 2 N–H and O–H groups in total. The minimum atomic E-state index is -0.0712. The van der Waals surface area contributed by atoms with Gasteiger partial charge in [0.15, 0.2) is 0 Å². The van der Waals surface area contributed by atoms with E-state index in [1.807, 2.05) is 32.9 Å². The number of amides is 1. The molecule has 4 nitrogen and oxygen atoms in total. The number of benzene rings is 1. The van der Waals surface area contributed by atoms with Gasteiger partial charge < -0.3 is 15.4 Å². The summed E-state index contributed by atoms with van der Waals surface area (Å²) in [6.45, 7) is 7.55. The van der Waals surface area contributed by atoms with Gasteiger partial charge in [0.1, 0.15) is 5.75 Å². The highest BCUT2D eigenvalue weighted by Gasteiger charge is 2.09. The summed E-state index contributed by atoms with van der Waals surface area (Å²) in [5, 5.41) is 6.14. The number of likely N-dealkylation sites (N-methyl/N-ethyl adjacent to an activating group) is 1. The number of nitrogens with one attached hydrogen (secondary N) is 2. The molecule has 0 unspecified atom stereocenters. The molecule has 0 aliphatic rings. The highest BCUT2D eigenvalue weighted by molar-refractivity contribution is 5.94. The first-order valence-electron chi connectivity index (χ1n) is 6.24. The molecular formula is C14H23ClN2O2. The summed E-state index contributed by atoms with van der Waals surface area (Å²) >= 11 is 0. The number of carbonyl (C=O) groups excluding carboxylic acids is 1. The zero-order chi connectivity index (χ0) is 13.5. The average molecular weight is 287 g/mol.